The van der Waals surface area contributed by atoms with Crippen LogP contribution >= 0.6 is 0 Å². The van der Waals surface area contributed by atoms with Gasteiger partial charge in [-0.15, -0.1) is 0 Å². The number of alkyl halides is 3. The summed E-state index contributed by atoms with van der Waals surface area (Å²) in [5.74, 6) is -2.16. The van der Waals surface area contributed by atoms with Crippen molar-refractivity contribution in [2.24, 2.45) is 0 Å². The quantitative estimate of drug-likeness (QED) is 0.541. The van der Waals surface area contributed by atoms with Crippen LogP contribution in [-0.2, 0) is 15.7 Å². The molecule has 1 N–H and O–H groups in total. The first kappa shape index (κ1) is 22.9. The van der Waals surface area contributed by atoms with Gasteiger partial charge < -0.3 is 10.1 Å². The molecule has 2 aromatic carbocycles. The molecule has 1 atom stereocenters. The maximum absolute atomic E-state index is 13.7. The van der Waals surface area contributed by atoms with Crippen molar-refractivity contribution in [3.8, 4) is 0 Å². The molecule has 0 aliphatic carbocycles. The van der Waals surface area contributed by atoms with Gasteiger partial charge >= 0.3 is 6.18 Å². The Morgan fingerprint density at radius 1 is 1.06 bits per heavy atom. The number of rotatable bonds is 6. The lowest BCUT2D eigenvalue weighted by atomic mass is 10.0. The van der Waals surface area contributed by atoms with Crippen molar-refractivity contribution in [1.29, 1.82) is 0 Å². The lowest BCUT2D eigenvalue weighted by molar-refractivity contribution is -0.137. The van der Waals surface area contributed by atoms with E-state index in [-0.39, 0.29) is 18.2 Å². The number of benzene rings is 2. The van der Waals surface area contributed by atoms with E-state index in [2.05, 4.69) is 5.32 Å². The molecule has 4 nitrogen and oxygen atoms in total. The van der Waals surface area contributed by atoms with Gasteiger partial charge in [0.05, 0.1) is 24.8 Å². The Morgan fingerprint density at radius 3 is 2.26 bits per heavy atom. The second kappa shape index (κ2) is 10.0. The van der Waals surface area contributed by atoms with Crippen molar-refractivity contribution in [2.45, 2.75) is 12.2 Å². The van der Waals surface area contributed by atoms with Gasteiger partial charge in [0, 0.05) is 31.3 Å². The van der Waals surface area contributed by atoms with E-state index in [9.17, 15) is 26.7 Å². The molecule has 0 spiro atoms. The fourth-order valence-electron chi connectivity index (χ4n) is 3.33. The van der Waals surface area contributed by atoms with Gasteiger partial charge in [0.15, 0.2) is 0 Å². The van der Waals surface area contributed by atoms with Crippen molar-refractivity contribution in [2.75, 3.05) is 32.8 Å². The highest BCUT2D eigenvalue weighted by Crippen LogP contribution is 2.31. The van der Waals surface area contributed by atoms with E-state index >= 15 is 0 Å². The number of nitrogens with one attached hydrogen (secondary N) is 1. The van der Waals surface area contributed by atoms with E-state index < -0.39 is 29.3 Å². The summed E-state index contributed by atoms with van der Waals surface area (Å²) in [6.07, 6.45) is -2.37. The minimum absolute atomic E-state index is 0.105. The van der Waals surface area contributed by atoms with E-state index in [1.165, 1.54) is 18.2 Å². The molecule has 0 bridgehead atoms. The van der Waals surface area contributed by atoms with Crippen LogP contribution in [0.5, 0.6) is 0 Å². The summed E-state index contributed by atoms with van der Waals surface area (Å²) in [6.45, 7) is 2.15. The third-order valence-corrected chi connectivity index (χ3v) is 4.98. The van der Waals surface area contributed by atoms with Crippen LogP contribution < -0.4 is 5.32 Å². The standard InChI is InChI=1S/C22H21F5N2O2/c23-18-2-1-3-19(24)17(18)8-9-21(30)28-14-20(29-10-12-31-13-11-29)15-4-6-16(7-5-15)22(25,26)27/h1-9,20H,10-14H2,(H,28,30)/b9-8+. The third kappa shape index (κ3) is 6.11. The van der Waals surface area contributed by atoms with Crippen LogP contribution in [0.15, 0.2) is 48.5 Å². The number of nitrogens with zero attached hydrogens (tertiary/aromatic N) is 1. The topological polar surface area (TPSA) is 41.6 Å². The van der Waals surface area contributed by atoms with Crippen molar-refractivity contribution >= 4 is 12.0 Å². The first-order valence-corrected chi connectivity index (χ1v) is 9.64. The number of halogens is 5. The number of hydrogen-bond acceptors (Lipinski definition) is 3. The van der Waals surface area contributed by atoms with Crippen LogP contribution in [0.2, 0.25) is 0 Å². The molecule has 3 rings (SSSR count). The van der Waals surface area contributed by atoms with Gasteiger partial charge in [-0.1, -0.05) is 18.2 Å². The van der Waals surface area contributed by atoms with Crippen molar-refractivity contribution in [3.05, 3.63) is 76.9 Å². The molecule has 1 heterocycles. The van der Waals surface area contributed by atoms with Crippen LogP contribution in [0.1, 0.15) is 22.7 Å². The highest BCUT2D eigenvalue weighted by Gasteiger charge is 2.31. The molecular formula is C22H21F5N2O2. The van der Waals surface area contributed by atoms with Crippen LogP contribution in [0.25, 0.3) is 6.08 Å². The van der Waals surface area contributed by atoms with Crippen molar-refractivity contribution < 1.29 is 31.5 Å². The van der Waals surface area contributed by atoms with Gasteiger partial charge in [-0.3, -0.25) is 9.69 Å². The van der Waals surface area contributed by atoms with Gasteiger partial charge in [-0.25, -0.2) is 8.78 Å². The van der Waals surface area contributed by atoms with Crippen molar-refractivity contribution in [1.82, 2.24) is 10.2 Å². The number of amides is 1. The summed E-state index contributed by atoms with van der Waals surface area (Å²) >= 11 is 0. The molecule has 0 radical (unpaired) electrons. The first-order valence-electron chi connectivity index (χ1n) is 9.64. The van der Waals surface area contributed by atoms with Crippen LogP contribution in [0.3, 0.4) is 0 Å². The smallest absolute Gasteiger partial charge is 0.379 e. The summed E-state index contributed by atoms with van der Waals surface area (Å²) in [7, 11) is 0. The highest BCUT2D eigenvalue weighted by atomic mass is 19.4. The molecule has 1 aliphatic heterocycles. The van der Waals surface area contributed by atoms with Gasteiger partial charge in [0.2, 0.25) is 5.91 Å². The van der Waals surface area contributed by atoms with Gasteiger partial charge in [-0.2, -0.15) is 13.2 Å². The SMILES string of the molecule is O=C(/C=C/c1c(F)cccc1F)NCC(c1ccc(C(F)(F)F)cc1)N1CCOCC1. The minimum atomic E-state index is -4.44. The second-order valence-corrected chi connectivity index (χ2v) is 7.00. The molecule has 2 aromatic rings. The highest BCUT2D eigenvalue weighted by molar-refractivity contribution is 5.91. The van der Waals surface area contributed by atoms with E-state index in [1.807, 2.05) is 4.90 Å². The molecule has 0 aromatic heterocycles. The molecule has 1 saturated heterocycles. The van der Waals surface area contributed by atoms with E-state index in [0.717, 1.165) is 36.4 Å². The van der Waals surface area contributed by atoms with Gasteiger partial charge in [-0.05, 0) is 35.9 Å². The zero-order valence-corrected chi connectivity index (χ0v) is 16.5. The molecule has 1 unspecified atom stereocenters. The van der Waals surface area contributed by atoms with E-state index in [0.29, 0.717) is 31.9 Å². The normalized spacial score (nSPS) is 16.4. The predicted molar refractivity (Wildman–Crippen MR) is 105 cm³/mol. The zero-order valence-electron chi connectivity index (χ0n) is 16.5. The zero-order chi connectivity index (χ0) is 22.4. The number of carbonyl (C=O) groups is 1. The average molecular weight is 440 g/mol. The number of carbonyl (C=O) groups excluding carboxylic acids is 1. The van der Waals surface area contributed by atoms with E-state index in [4.69, 9.17) is 4.74 Å². The van der Waals surface area contributed by atoms with E-state index in [1.54, 1.807) is 0 Å². The van der Waals surface area contributed by atoms with Gasteiger partial charge in [0.1, 0.15) is 11.6 Å². The molecule has 1 aliphatic rings. The minimum Gasteiger partial charge on any atom is -0.379 e. The summed E-state index contributed by atoms with van der Waals surface area (Å²) < 4.78 is 71.3. The number of morpholine rings is 1. The third-order valence-electron chi connectivity index (χ3n) is 4.98. The molecule has 9 heteroatoms. The number of hydrogen-bond donors (Lipinski definition) is 1. The summed E-state index contributed by atoms with van der Waals surface area (Å²) in [6, 6.07) is 7.79. The molecule has 166 valence electrons. The summed E-state index contributed by atoms with van der Waals surface area (Å²) in [4.78, 5) is 14.2. The Hall–Kier alpha value is -2.78. The fraction of sp³-hybridized carbons (Fsp3) is 0.318. The summed E-state index contributed by atoms with van der Waals surface area (Å²) in [5.41, 5.74) is -0.472. The largest absolute Gasteiger partial charge is 0.416 e. The molecule has 0 saturated carbocycles. The molecule has 1 amide bonds. The number of ether oxygens (including phenoxy) is 1. The predicted octanol–water partition coefficient (Wildman–Crippen LogP) is 4.19. The van der Waals surface area contributed by atoms with Crippen LogP contribution in [-0.4, -0.2) is 43.7 Å². The molecule has 31 heavy (non-hydrogen) atoms. The van der Waals surface area contributed by atoms with Crippen LogP contribution in [0.4, 0.5) is 22.0 Å². The Morgan fingerprint density at radius 2 is 1.68 bits per heavy atom. The lowest BCUT2D eigenvalue weighted by Gasteiger charge is -2.35. The average Bonchev–Trinajstić information content (AvgIpc) is 2.74. The maximum atomic E-state index is 13.7. The Kier molecular flexibility index (Phi) is 7.40. The monoisotopic (exact) mass is 440 g/mol. The maximum Gasteiger partial charge on any atom is 0.416 e. The van der Waals surface area contributed by atoms with Gasteiger partial charge in [0.25, 0.3) is 0 Å². The van der Waals surface area contributed by atoms with Crippen LogP contribution in [0, 0.1) is 11.6 Å². The molecular weight excluding hydrogens is 419 g/mol. The Balaban J connectivity index is 1.71. The van der Waals surface area contributed by atoms with Crippen molar-refractivity contribution in [3.63, 3.8) is 0 Å². The lowest BCUT2D eigenvalue weighted by Crippen LogP contribution is -2.43. The fourth-order valence-corrected chi connectivity index (χ4v) is 3.33. The summed E-state index contributed by atoms with van der Waals surface area (Å²) in [5, 5.41) is 2.66. The Labute approximate surface area is 176 Å². The second-order valence-electron chi connectivity index (χ2n) is 7.00. The Bertz CT molecular complexity index is 902. The first-order chi connectivity index (χ1) is 14.8. The molecule has 1 fully saturated rings.